The Bertz CT molecular complexity index is 426. The van der Waals surface area contributed by atoms with Crippen LogP contribution in [0.3, 0.4) is 0 Å². The fourth-order valence-electron chi connectivity index (χ4n) is 2.41. The third-order valence-corrected chi connectivity index (χ3v) is 3.73. The molecule has 0 spiro atoms. The van der Waals surface area contributed by atoms with E-state index in [4.69, 9.17) is 11.6 Å². The minimum atomic E-state index is -2.45. The Balaban J connectivity index is 0.00000200. The molecule has 0 unspecified atom stereocenters. The number of benzene rings is 1. The van der Waals surface area contributed by atoms with E-state index in [9.17, 15) is 13.2 Å². The Kier molecular flexibility index (Phi) is 7.09. The summed E-state index contributed by atoms with van der Waals surface area (Å²) in [4.78, 5) is 1.93. The first-order chi connectivity index (χ1) is 9.09. The van der Waals surface area contributed by atoms with Gasteiger partial charge in [-0.3, -0.25) is 4.90 Å². The van der Waals surface area contributed by atoms with E-state index in [1.165, 1.54) is 12.1 Å². The molecule has 1 aromatic rings. The molecule has 7 heteroatoms. The molecule has 1 N–H and O–H groups in total. The first-order valence-corrected chi connectivity index (χ1v) is 6.64. The summed E-state index contributed by atoms with van der Waals surface area (Å²) in [7, 11) is 0. The average Bonchev–Trinajstić information content (AvgIpc) is 2.40. The van der Waals surface area contributed by atoms with Crippen molar-refractivity contribution in [2.24, 2.45) is 0 Å². The largest absolute Gasteiger partial charge is 0.314 e. The fourth-order valence-corrected chi connectivity index (χ4v) is 2.67. The Labute approximate surface area is 127 Å². The Hall–Kier alpha value is -0.490. The van der Waals surface area contributed by atoms with Gasteiger partial charge in [0, 0.05) is 38.6 Å². The van der Waals surface area contributed by atoms with Crippen molar-refractivity contribution in [2.75, 3.05) is 26.2 Å². The van der Waals surface area contributed by atoms with E-state index in [-0.39, 0.29) is 23.9 Å². The first-order valence-electron chi connectivity index (χ1n) is 6.26. The molecule has 2 nitrogen and oxygen atoms in total. The highest BCUT2D eigenvalue weighted by atomic mass is 35.5. The second-order valence-corrected chi connectivity index (χ2v) is 4.95. The summed E-state index contributed by atoms with van der Waals surface area (Å²) < 4.78 is 39.1. The zero-order valence-electron chi connectivity index (χ0n) is 10.8. The van der Waals surface area contributed by atoms with Gasteiger partial charge in [0.05, 0.1) is 5.02 Å². The van der Waals surface area contributed by atoms with Gasteiger partial charge in [-0.25, -0.2) is 13.2 Å². The summed E-state index contributed by atoms with van der Waals surface area (Å²) in [6, 6.07) is 3.84. The Morgan fingerprint density at radius 3 is 2.50 bits per heavy atom. The lowest BCUT2D eigenvalue weighted by molar-refractivity contribution is 0.0738. The number of piperazine rings is 1. The molecule has 1 aromatic carbocycles. The third-order valence-electron chi connectivity index (χ3n) is 3.33. The molecule has 0 amide bonds. The minimum absolute atomic E-state index is 0. The maximum absolute atomic E-state index is 13.5. The molecule has 0 saturated carbocycles. The van der Waals surface area contributed by atoms with Crippen LogP contribution in [0.1, 0.15) is 18.0 Å². The van der Waals surface area contributed by atoms with Crippen LogP contribution in [-0.2, 0) is 0 Å². The molecule has 2 rings (SSSR count). The van der Waals surface area contributed by atoms with Crippen molar-refractivity contribution >= 4 is 24.0 Å². The van der Waals surface area contributed by atoms with Gasteiger partial charge in [0.15, 0.2) is 0 Å². The van der Waals surface area contributed by atoms with Crippen molar-refractivity contribution in [3.8, 4) is 0 Å². The van der Waals surface area contributed by atoms with Gasteiger partial charge in [0.25, 0.3) is 0 Å². The maximum atomic E-state index is 13.5. The summed E-state index contributed by atoms with van der Waals surface area (Å²) >= 11 is 5.93. The number of halogens is 5. The second kappa shape index (κ2) is 8.08. The minimum Gasteiger partial charge on any atom is -0.314 e. The van der Waals surface area contributed by atoms with E-state index in [1.54, 1.807) is 6.07 Å². The normalized spacial score (nSPS) is 17.9. The summed E-state index contributed by atoms with van der Waals surface area (Å²) in [6.45, 7) is 2.80. The number of hydrogen-bond acceptors (Lipinski definition) is 2. The van der Waals surface area contributed by atoms with Gasteiger partial charge < -0.3 is 5.32 Å². The van der Waals surface area contributed by atoms with Gasteiger partial charge >= 0.3 is 0 Å². The summed E-state index contributed by atoms with van der Waals surface area (Å²) in [5.41, 5.74) is 0.448. The van der Waals surface area contributed by atoms with Crippen LogP contribution in [0.2, 0.25) is 5.02 Å². The van der Waals surface area contributed by atoms with Gasteiger partial charge in [0.2, 0.25) is 6.43 Å². The Morgan fingerprint density at radius 2 is 1.90 bits per heavy atom. The third kappa shape index (κ3) is 4.25. The van der Waals surface area contributed by atoms with Crippen LogP contribution in [0.25, 0.3) is 0 Å². The van der Waals surface area contributed by atoms with Gasteiger partial charge in [-0.1, -0.05) is 23.7 Å². The van der Waals surface area contributed by atoms with Gasteiger partial charge in [-0.2, -0.15) is 0 Å². The smallest absolute Gasteiger partial charge is 0.240 e. The lowest BCUT2D eigenvalue weighted by atomic mass is 10.0. The van der Waals surface area contributed by atoms with Crippen molar-refractivity contribution in [3.63, 3.8) is 0 Å². The number of alkyl halides is 2. The predicted molar refractivity (Wildman–Crippen MR) is 76.5 cm³/mol. The molecule has 1 aliphatic heterocycles. The molecule has 0 aromatic heterocycles. The molecule has 1 aliphatic rings. The van der Waals surface area contributed by atoms with Gasteiger partial charge in [-0.05, 0) is 11.6 Å². The highest BCUT2D eigenvalue weighted by Gasteiger charge is 2.27. The van der Waals surface area contributed by atoms with E-state index in [2.05, 4.69) is 5.32 Å². The zero-order valence-corrected chi connectivity index (χ0v) is 12.4. The molecule has 0 radical (unpaired) electrons. The van der Waals surface area contributed by atoms with E-state index in [0.29, 0.717) is 18.7 Å². The van der Waals surface area contributed by atoms with Crippen LogP contribution < -0.4 is 5.32 Å². The molecule has 1 atom stereocenters. The van der Waals surface area contributed by atoms with Crippen molar-refractivity contribution < 1.29 is 13.2 Å². The van der Waals surface area contributed by atoms with E-state index >= 15 is 0 Å². The molecule has 0 bridgehead atoms. The molecule has 114 valence electrons. The number of nitrogens with one attached hydrogen (secondary N) is 1. The van der Waals surface area contributed by atoms with Crippen molar-refractivity contribution in [3.05, 3.63) is 34.6 Å². The highest BCUT2D eigenvalue weighted by molar-refractivity contribution is 6.31. The van der Waals surface area contributed by atoms with Crippen LogP contribution in [-0.4, -0.2) is 37.5 Å². The standard InChI is InChI=1S/C13H16ClF3N2.ClH/c14-13-9(2-1-3-10(13)15)11(8-12(16)17)19-6-4-18-5-7-19;/h1-3,11-12,18H,4-8H2;1H/t11-;/m0./s1. The summed E-state index contributed by atoms with van der Waals surface area (Å²) in [6.07, 6.45) is -2.78. The fraction of sp³-hybridized carbons (Fsp3) is 0.538. The highest BCUT2D eigenvalue weighted by Crippen LogP contribution is 2.33. The SMILES string of the molecule is Cl.Fc1cccc([C@H](CC(F)F)N2CCNCC2)c1Cl. The molecular weight excluding hydrogens is 312 g/mol. The van der Waals surface area contributed by atoms with Crippen LogP contribution in [0.5, 0.6) is 0 Å². The molecular formula is C13H17Cl2F3N2. The predicted octanol–water partition coefficient (Wildman–Crippen LogP) is 3.50. The number of hydrogen-bond donors (Lipinski definition) is 1. The lowest BCUT2D eigenvalue weighted by Crippen LogP contribution is -2.45. The van der Waals surface area contributed by atoms with Gasteiger partial charge in [0.1, 0.15) is 5.82 Å². The number of nitrogens with zero attached hydrogens (tertiary/aromatic N) is 1. The summed E-state index contributed by atoms with van der Waals surface area (Å²) in [5.74, 6) is -0.562. The average molecular weight is 329 g/mol. The molecule has 1 saturated heterocycles. The number of rotatable bonds is 4. The first kappa shape index (κ1) is 17.6. The van der Waals surface area contributed by atoms with Crippen LogP contribution >= 0.6 is 24.0 Å². The Morgan fingerprint density at radius 1 is 1.25 bits per heavy atom. The zero-order chi connectivity index (χ0) is 13.8. The summed E-state index contributed by atoms with van der Waals surface area (Å²) in [5, 5.41) is 3.11. The molecule has 0 aliphatic carbocycles. The van der Waals surface area contributed by atoms with Crippen LogP contribution in [0.15, 0.2) is 18.2 Å². The van der Waals surface area contributed by atoms with Crippen molar-refractivity contribution in [1.82, 2.24) is 10.2 Å². The van der Waals surface area contributed by atoms with E-state index in [1.807, 2.05) is 4.90 Å². The maximum Gasteiger partial charge on any atom is 0.240 e. The van der Waals surface area contributed by atoms with E-state index in [0.717, 1.165) is 13.1 Å². The van der Waals surface area contributed by atoms with Crippen molar-refractivity contribution in [1.29, 1.82) is 0 Å². The molecule has 20 heavy (non-hydrogen) atoms. The van der Waals surface area contributed by atoms with E-state index < -0.39 is 18.3 Å². The monoisotopic (exact) mass is 328 g/mol. The quantitative estimate of drug-likeness (QED) is 0.910. The second-order valence-electron chi connectivity index (χ2n) is 4.57. The lowest BCUT2D eigenvalue weighted by Gasteiger charge is -2.35. The van der Waals surface area contributed by atoms with Gasteiger partial charge in [-0.15, -0.1) is 12.4 Å². The van der Waals surface area contributed by atoms with Crippen LogP contribution in [0, 0.1) is 5.82 Å². The topological polar surface area (TPSA) is 15.3 Å². The molecule has 1 heterocycles. The van der Waals surface area contributed by atoms with Crippen LogP contribution in [0.4, 0.5) is 13.2 Å². The van der Waals surface area contributed by atoms with Crippen molar-refractivity contribution in [2.45, 2.75) is 18.9 Å². The molecule has 1 fully saturated rings.